The molecule has 0 aliphatic rings. The van der Waals surface area contributed by atoms with Crippen molar-refractivity contribution in [2.45, 2.75) is 32.8 Å². The maximum absolute atomic E-state index is 11.4. The Hall–Kier alpha value is -2.04. The molecule has 0 saturated heterocycles. The van der Waals surface area contributed by atoms with Crippen molar-refractivity contribution < 1.29 is 14.3 Å². The summed E-state index contributed by atoms with van der Waals surface area (Å²) in [5.41, 5.74) is 6.05. The molecule has 0 unspecified atom stereocenters. The number of amides is 2. The fraction of sp³-hybridized carbons (Fsp3) is 0.429. The maximum atomic E-state index is 11.4. The summed E-state index contributed by atoms with van der Waals surface area (Å²) in [5.74, 6) is -0.465. The van der Waals surface area contributed by atoms with Crippen LogP contribution in [0.25, 0.3) is 0 Å². The van der Waals surface area contributed by atoms with Crippen LogP contribution in [-0.4, -0.2) is 24.1 Å². The minimum absolute atomic E-state index is 0.388. The molecule has 2 amide bonds. The molecule has 5 nitrogen and oxygen atoms in total. The molecule has 19 heavy (non-hydrogen) atoms. The molecule has 5 heteroatoms. The number of nitrogens with two attached hydrogens (primary N) is 1. The van der Waals surface area contributed by atoms with E-state index in [0.29, 0.717) is 18.5 Å². The summed E-state index contributed by atoms with van der Waals surface area (Å²) in [6.45, 7) is 5.79. The number of rotatable bonds is 4. The molecule has 104 valence electrons. The standard InChI is InChI=1S/C14H20N2O3/c1-14(2,3)19-13(18)16-9-8-10-6-4-5-7-11(10)12(15)17/h4-7H,8-9H2,1-3H3,(H2,15,17)(H,16,18). The zero-order valence-corrected chi connectivity index (χ0v) is 11.5. The molecule has 0 radical (unpaired) electrons. The average molecular weight is 264 g/mol. The Labute approximate surface area is 113 Å². The zero-order chi connectivity index (χ0) is 14.5. The highest BCUT2D eigenvalue weighted by Crippen LogP contribution is 2.09. The van der Waals surface area contributed by atoms with Crippen LogP contribution in [-0.2, 0) is 11.2 Å². The van der Waals surface area contributed by atoms with E-state index in [9.17, 15) is 9.59 Å². The largest absolute Gasteiger partial charge is 0.444 e. The van der Waals surface area contributed by atoms with E-state index in [1.165, 1.54) is 0 Å². The third kappa shape index (κ3) is 5.42. The monoisotopic (exact) mass is 264 g/mol. The second kappa shape index (κ2) is 6.22. The van der Waals surface area contributed by atoms with Crippen LogP contribution in [0.1, 0.15) is 36.7 Å². The summed E-state index contributed by atoms with van der Waals surface area (Å²) in [7, 11) is 0. The molecule has 0 aliphatic heterocycles. The van der Waals surface area contributed by atoms with Crippen LogP contribution in [0.4, 0.5) is 4.79 Å². The van der Waals surface area contributed by atoms with Gasteiger partial charge in [-0.3, -0.25) is 4.79 Å². The highest BCUT2D eigenvalue weighted by molar-refractivity contribution is 5.94. The van der Waals surface area contributed by atoms with Crippen molar-refractivity contribution >= 4 is 12.0 Å². The highest BCUT2D eigenvalue weighted by atomic mass is 16.6. The van der Waals surface area contributed by atoms with E-state index in [2.05, 4.69) is 5.32 Å². The summed E-state index contributed by atoms with van der Waals surface area (Å²) in [5, 5.41) is 2.64. The fourth-order valence-corrected chi connectivity index (χ4v) is 1.59. The molecule has 0 atom stereocenters. The van der Waals surface area contributed by atoms with E-state index in [1.807, 2.05) is 12.1 Å². The van der Waals surface area contributed by atoms with Gasteiger partial charge in [0, 0.05) is 12.1 Å². The first kappa shape index (κ1) is 15.0. The molecule has 1 aromatic carbocycles. The van der Waals surface area contributed by atoms with Crippen LogP contribution < -0.4 is 11.1 Å². The third-order valence-corrected chi connectivity index (χ3v) is 2.35. The molecule has 1 aromatic rings. The quantitative estimate of drug-likeness (QED) is 0.870. The van der Waals surface area contributed by atoms with Gasteiger partial charge in [0.15, 0.2) is 0 Å². The maximum Gasteiger partial charge on any atom is 0.407 e. The minimum Gasteiger partial charge on any atom is -0.444 e. The third-order valence-electron chi connectivity index (χ3n) is 2.35. The van der Waals surface area contributed by atoms with Gasteiger partial charge in [-0.15, -0.1) is 0 Å². The smallest absolute Gasteiger partial charge is 0.407 e. The second-order valence-corrected chi connectivity index (χ2v) is 5.20. The predicted octanol–water partition coefficient (Wildman–Crippen LogP) is 1.85. The van der Waals surface area contributed by atoms with Gasteiger partial charge in [-0.2, -0.15) is 0 Å². The van der Waals surface area contributed by atoms with Gasteiger partial charge in [0.2, 0.25) is 5.91 Å². The molecule has 0 aromatic heterocycles. The normalized spacial score (nSPS) is 10.9. The van der Waals surface area contributed by atoms with E-state index < -0.39 is 17.6 Å². The van der Waals surface area contributed by atoms with Crippen LogP contribution >= 0.6 is 0 Å². The molecule has 1 rings (SSSR count). The van der Waals surface area contributed by atoms with E-state index in [4.69, 9.17) is 10.5 Å². The summed E-state index contributed by atoms with van der Waals surface area (Å²) < 4.78 is 5.11. The lowest BCUT2D eigenvalue weighted by Gasteiger charge is -2.19. The predicted molar refractivity (Wildman–Crippen MR) is 72.9 cm³/mol. The lowest BCUT2D eigenvalue weighted by Crippen LogP contribution is -2.33. The number of hydrogen-bond acceptors (Lipinski definition) is 3. The Morgan fingerprint density at radius 3 is 2.47 bits per heavy atom. The number of carbonyl (C=O) groups is 2. The number of benzene rings is 1. The zero-order valence-electron chi connectivity index (χ0n) is 11.5. The van der Waals surface area contributed by atoms with Gasteiger partial charge in [0.25, 0.3) is 0 Å². The van der Waals surface area contributed by atoms with Crippen molar-refractivity contribution in [2.24, 2.45) is 5.73 Å². The Kier molecular flexibility index (Phi) is 4.92. The lowest BCUT2D eigenvalue weighted by molar-refractivity contribution is 0.0528. The molecule has 0 fully saturated rings. The SMILES string of the molecule is CC(C)(C)OC(=O)NCCc1ccccc1C(N)=O. The molecule has 3 N–H and O–H groups in total. The number of alkyl carbamates (subject to hydrolysis) is 1. The summed E-state index contributed by atoms with van der Waals surface area (Å²) in [6, 6.07) is 7.07. The van der Waals surface area contributed by atoms with E-state index in [-0.39, 0.29) is 0 Å². The molecule has 0 bridgehead atoms. The number of carbonyl (C=O) groups excluding carboxylic acids is 2. The Bertz CT molecular complexity index is 464. The van der Waals surface area contributed by atoms with Crippen LogP contribution in [0.15, 0.2) is 24.3 Å². The Morgan fingerprint density at radius 1 is 1.26 bits per heavy atom. The average Bonchev–Trinajstić information content (AvgIpc) is 2.27. The van der Waals surface area contributed by atoms with Gasteiger partial charge >= 0.3 is 6.09 Å². The van der Waals surface area contributed by atoms with Crippen molar-refractivity contribution in [1.29, 1.82) is 0 Å². The van der Waals surface area contributed by atoms with Gasteiger partial charge < -0.3 is 15.8 Å². The van der Waals surface area contributed by atoms with Crippen LogP contribution in [0, 0.1) is 0 Å². The van der Waals surface area contributed by atoms with Crippen molar-refractivity contribution in [3.63, 3.8) is 0 Å². The first-order chi connectivity index (χ1) is 8.79. The summed E-state index contributed by atoms with van der Waals surface area (Å²) >= 11 is 0. The molecule has 0 spiro atoms. The van der Waals surface area contributed by atoms with Gasteiger partial charge in [-0.25, -0.2) is 4.79 Å². The fourth-order valence-electron chi connectivity index (χ4n) is 1.59. The molecule has 0 saturated carbocycles. The number of nitrogens with one attached hydrogen (secondary N) is 1. The van der Waals surface area contributed by atoms with E-state index in [1.54, 1.807) is 32.9 Å². The van der Waals surface area contributed by atoms with E-state index in [0.717, 1.165) is 5.56 Å². The van der Waals surface area contributed by atoms with Crippen LogP contribution in [0.2, 0.25) is 0 Å². The number of primary amides is 1. The van der Waals surface area contributed by atoms with Crippen molar-refractivity contribution in [3.8, 4) is 0 Å². The Balaban J connectivity index is 2.50. The van der Waals surface area contributed by atoms with Crippen molar-refractivity contribution in [1.82, 2.24) is 5.32 Å². The number of ether oxygens (including phenoxy) is 1. The van der Waals surface area contributed by atoms with Crippen molar-refractivity contribution in [3.05, 3.63) is 35.4 Å². The lowest BCUT2D eigenvalue weighted by atomic mass is 10.0. The molecular formula is C14H20N2O3. The second-order valence-electron chi connectivity index (χ2n) is 5.20. The molecule has 0 heterocycles. The number of hydrogen-bond donors (Lipinski definition) is 2. The summed E-state index contributed by atoms with van der Waals surface area (Å²) in [4.78, 5) is 22.7. The minimum atomic E-state index is -0.519. The van der Waals surface area contributed by atoms with Crippen LogP contribution in [0.3, 0.4) is 0 Å². The summed E-state index contributed by atoms with van der Waals surface area (Å²) in [6.07, 6.45) is 0.0577. The topological polar surface area (TPSA) is 81.4 Å². The van der Waals surface area contributed by atoms with Gasteiger partial charge in [0.1, 0.15) is 5.60 Å². The van der Waals surface area contributed by atoms with Crippen LogP contribution in [0.5, 0.6) is 0 Å². The van der Waals surface area contributed by atoms with Gasteiger partial charge in [-0.05, 0) is 38.8 Å². The molecule has 0 aliphatic carbocycles. The first-order valence-corrected chi connectivity index (χ1v) is 6.14. The van der Waals surface area contributed by atoms with Crippen molar-refractivity contribution in [2.75, 3.05) is 6.54 Å². The Morgan fingerprint density at radius 2 is 1.89 bits per heavy atom. The van der Waals surface area contributed by atoms with Gasteiger partial charge in [-0.1, -0.05) is 18.2 Å². The first-order valence-electron chi connectivity index (χ1n) is 6.14. The molecular weight excluding hydrogens is 244 g/mol. The highest BCUT2D eigenvalue weighted by Gasteiger charge is 2.15. The van der Waals surface area contributed by atoms with Gasteiger partial charge in [0.05, 0.1) is 0 Å². The van der Waals surface area contributed by atoms with E-state index >= 15 is 0 Å².